The number of likely N-dealkylation sites (N-methyl/N-ethyl adjacent to an activating group) is 1. The predicted molar refractivity (Wildman–Crippen MR) is 114 cm³/mol. The van der Waals surface area contributed by atoms with E-state index in [9.17, 15) is 4.79 Å². The fourth-order valence-electron chi connectivity index (χ4n) is 2.53. The molecule has 1 amide bonds. The van der Waals surface area contributed by atoms with E-state index in [2.05, 4.69) is 10.3 Å². The van der Waals surface area contributed by atoms with Crippen LogP contribution in [0.4, 0.5) is 0 Å². The molecule has 0 radical (unpaired) electrons. The number of aliphatic imine (C=N–C) groups is 1. The summed E-state index contributed by atoms with van der Waals surface area (Å²) >= 11 is 5.87. The lowest BCUT2D eigenvalue weighted by Gasteiger charge is -2.22. The second-order valence-electron chi connectivity index (χ2n) is 6.52. The van der Waals surface area contributed by atoms with Gasteiger partial charge < -0.3 is 19.9 Å². The summed E-state index contributed by atoms with van der Waals surface area (Å²) < 4.78 is 5.72. The Kier molecular flexibility index (Phi) is 8.14. The number of hydrogen-bond acceptors (Lipinski definition) is 3. The molecular weight excluding hydrogens is 376 g/mol. The van der Waals surface area contributed by atoms with E-state index in [1.54, 1.807) is 38.2 Å². The van der Waals surface area contributed by atoms with E-state index < -0.39 is 0 Å². The summed E-state index contributed by atoms with van der Waals surface area (Å²) in [6.45, 7) is 1.82. The van der Waals surface area contributed by atoms with E-state index in [0.29, 0.717) is 30.3 Å². The molecule has 2 rings (SSSR count). The van der Waals surface area contributed by atoms with E-state index in [1.165, 1.54) is 0 Å². The van der Waals surface area contributed by atoms with Gasteiger partial charge in [-0.15, -0.1) is 0 Å². The van der Waals surface area contributed by atoms with Crippen LogP contribution < -0.4 is 10.1 Å². The minimum absolute atomic E-state index is 0.00394. The van der Waals surface area contributed by atoms with Crippen molar-refractivity contribution >= 4 is 23.5 Å². The average molecular weight is 403 g/mol. The quantitative estimate of drug-likeness (QED) is 0.571. The van der Waals surface area contributed by atoms with Crippen molar-refractivity contribution in [1.82, 2.24) is 15.1 Å². The first-order chi connectivity index (χ1) is 13.4. The maximum atomic E-state index is 11.9. The Bertz CT molecular complexity index is 789. The summed E-state index contributed by atoms with van der Waals surface area (Å²) in [5, 5.41) is 4.01. The van der Waals surface area contributed by atoms with Crippen LogP contribution in [0.1, 0.15) is 15.9 Å². The van der Waals surface area contributed by atoms with Gasteiger partial charge in [0.25, 0.3) is 5.91 Å². The third kappa shape index (κ3) is 6.46. The number of hydrogen-bond donors (Lipinski definition) is 1. The Morgan fingerprint density at radius 1 is 1.07 bits per heavy atom. The molecule has 0 aliphatic heterocycles. The number of amides is 1. The van der Waals surface area contributed by atoms with Gasteiger partial charge in [0.15, 0.2) is 5.96 Å². The molecule has 2 aromatic rings. The van der Waals surface area contributed by atoms with Gasteiger partial charge in [-0.3, -0.25) is 9.79 Å². The lowest BCUT2D eigenvalue weighted by Crippen LogP contribution is -2.40. The molecule has 0 bridgehead atoms. The fraction of sp³-hybridized carbons (Fsp3) is 0.333. The molecular formula is C21H27ClN4O2. The number of halogens is 1. The summed E-state index contributed by atoms with van der Waals surface area (Å²) in [6.07, 6.45) is 0. The zero-order valence-corrected chi connectivity index (χ0v) is 17.5. The van der Waals surface area contributed by atoms with E-state index >= 15 is 0 Å². The van der Waals surface area contributed by atoms with E-state index in [0.717, 1.165) is 17.3 Å². The van der Waals surface area contributed by atoms with Crippen LogP contribution in [0, 0.1) is 0 Å². The Balaban J connectivity index is 1.81. The van der Waals surface area contributed by atoms with Gasteiger partial charge in [-0.2, -0.15) is 0 Å². The van der Waals surface area contributed by atoms with Crippen molar-refractivity contribution in [3.05, 3.63) is 64.7 Å². The molecule has 6 nitrogen and oxygen atoms in total. The number of carbonyl (C=O) groups is 1. The highest BCUT2D eigenvalue weighted by Crippen LogP contribution is 2.15. The molecule has 7 heteroatoms. The van der Waals surface area contributed by atoms with Gasteiger partial charge in [0.05, 0.1) is 6.54 Å². The smallest absolute Gasteiger partial charge is 0.253 e. The van der Waals surface area contributed by atoms with Crippen molar-refractivity contribution in [3.63, 3.8) is 0 Å². The maximum Gasteiger partial charge on any atom is 0.253 e. The third-order valence-electron chi connectivity index (χ3n) is 4.14. The Morgan fingerprint density at radius 3 is 2.29 bits per heavy atom. The van der Waals surface area contributed by atoms with Crippen molar-refractivity contribution < 1.29 is 9.53 Å². The van der Waals surface area contributed by atoms with E-state index in [4.69, 9.17) is 16.3 Å². The molecule has 1 N–H and O–H groups in total. The predicted octanol–water partition coefficient (Wildman–Crippen LogP) is 3.13. The highest BCUT2D eigenvalue weighted by Gasteiger charge is 2.09. The van der Waals surface area contributed by atoms with E-state index in [1.807, 2.05) is 48.3 Å². The summed E-state index contributed by atoms with van der Waals surface area (Å²) in [6, 6.07) is 14.9. The maximum absolute atomic E-state index is 11.9. The molecule has 0 heterocycles. The number of carbonyl (C=O) groups excluding carboxylic acids is 1. The van der Waals surface area contributed by atoms with Gasteiger partial charge in [0, 0.05) is 45.3 Å². The monoisotopic (exact) mass is 402 g/mol. The van der Waals surface area contributed by atoms with Crippen molar-refractivity contribution in [3.8, 4) is 5.75 Å². The van der Waals surface area contributed by atoms with Crippen LogP contribution in [0.5, 0.6) is 5.75 Å². The number of nitrogens with one attached hydrogen (secondary N) is 1. The van der Waals surface area contributed by atoms with Crippen molar-refractivity contribution in [2.45, 2.75) is 6.54 Å². The summed E-state index contributed by atoms with van der Waals surface area (Å²) in [4.78, 5) is 19.8. The molecule has 0 aliphatic rings. The number of rotatable bonds is 7. The minimum Gasteiger partial charge on any atom is -0.492 e. The van der Waals surface area contributed by atoms with Gasteiger partial charge in [0.2, 0.25) is 0 Å². The van der Waals surface area contributed by atoms with Crippen molar-refractivity contribution in [2.24, 2.45) is 4.99 Å². The Morgan fingerprint density at radius 2 is 1.71 bits per heavy atom. The number of ether oxygens (including phenoxy) is 1. The summed E-state index contributed by atoms with van der Waals surface area (Å²) in [5.74, 6) is 1.55. The lowest BCUT2D eigenvalue weighted by atomic mass is 10.1. The van der Waals surface area contributed by atoms with Crippen LogP contribution in [0.2, 0.25) is 5.02 Å². The largest absolute Gasteiger partial charge is 0.492 e. The normalized spacial score (nSPS) is 11.1. The zero-order chi connectivity index (χ0) is 20.5. The average Bonchev–Trinajstić information content (AvgIpc) is 2.70. The first-order valence-corrected chi connectivity index (χ1v) is 9.39. The molecule has 2 aromatic carbocycles. The Hall–Kier alpha value is -2.73. The minimum atomic E-state index is -0.00394. The SMILES string of the molecule is CN=C(NCc1ccc(C(=O)N(C)C)cc1)N(C)CCOc1ccc(Cl)cc1. The molecule has 28 heavy (non-hydrogen) atoms. The van der Waals surface area contributed by atoms with Crippen LogP contribution >= 0.6 is 11.6 Å². The van der Waals surface area contributed by atoms with Gasteiger partial charge in [-0.1, -0.05) is 23.7 Å². The molecule has 0 aliphatic carbocycles. The van der Waals surface area contributed by atoms with E-state index in [-0.39, 0.29) is 5.91 Å². The number of nitrogens with zero attached hydrogens (tertiary/aromatic N) is 3. The standard InChI is InChI=1S/C21H27ClN4O2/c1-23-21(26(4)13-14-28-19-11-9-18(22)10-12-19)24-15-16-5-7-17(8-6-16)20(27)25(2)3/h5-12H,13-15H2,1-4H3,(H,23,24). The third-order valence-corrected chi connectivity index (χ3v) is 4.39. The molecule has 0 atom stereocenters. The van der Waals surface area contributed by atoms with Crippen molar-refractivity contribution in [2.75, 3.05) is 41.3 Å². The number of benzene rings is 2. The zero-order valence-electron chi connectivity index (χ0n) is 16.8. The lowest BCUT2D eigenvalue weighted by molar-refractivity contribution is 0.0827. The molecule has 0 unspecified atom stereocenters. The Labute approximate surface area is 171 Å². The second-order valence-corrected chi connectivity index (χ2v) is 6.96. The van der Waals surface area contributed by atoms with Gasteiger partial charge in [-0.05, 0) is 42.0 Å². The second kappa shape index (κ2) is 10.6. The molecule has 0 aromatic heterocycles. The molecule has 0 fully saturated rings. The molecule has 0 saturated heterocycles. The van der Waals surface area contributed by atoms with Crippen LogP contribution in [0.25, 0.3) is 0 Å². The van der Waals surface area contributed by atoms with Crippen LogP contribution in [-0.2, 0) is 6.54 Å². The first kappa shape index (κ1) is 21.6. The molecule has 0 saturated carbocycles. The topological polar surface area (TPSA) is 57.2 Å². The van der Waals surface area contributed by atoms with Gasteiger partial charge in [0.1, 0.15) is 12.4 Å². The highest BCUT2D eigenvalue weighted by atomic mass is 35.5. The molecule has 150 valence electrons. The fourth-order valence-corrected chi connectivity index (χ4v) is 2.65. The molecule has 0 spiro atoms. The highest BCUT2D eigenvalue weighted by molar-refractivity contribution is 6.30. The summed E-state index contributed by atoms with van der Waals surface area (Å²) in [5.41, 5.74) is 1.75. The van der Waals surface area contributed by atoms with Gasteiger partial charge >= 0.3 is 0 Å². The summed E-state index contributed by atoms with van der Waals surface area (Å²) in [7, 11) is 7.19. The van der Waals surface area contributed by atoms with Crippen LogP contribution in [0.15, 0.2) is 53.5 Å². The van der Waals surface area contributed by atoms with Gasteiger partial charge in [-0.25, -0.2) is 0 Å². The van der Waals surface area contributed by atoms with Crippen molar-refractivity contribution in [1.29, 1.82) is 0 Å². The first-order valence-electron chi connectivity index (χ1n) is 9.01. The van der Waals surface area contributed by atoms with Crippen LogP contribution in [0.3, 0.4) is 0 Å². The number of guanidine groups is 1. The van der Waals surface area contributed by atoms with Crippen LogP contribution in [-0.4, -0.2) is 63.0 Å².